The minimum absolute atomic E-state index is 0.0574. The van der Waals surface area contributed by atoms with Crippen molar-refractivity contribution in [1.82, 2.24) is 14.5 Å². The fourth-order valence-electron chi connectivity index (χ4n) is 2.46. The van der Waals surface area contributed by atoms with Gasteiger partial charge in [-0.2, -0.15) is 5.10 Å². The van der Waals surface area contributed by atoms with E-state index >= 15 is 0 Å². The second-order valence-corrected chi connectivity index (χ2v) is 6.98. The number of nitrogens with one attached hydrogen (secondary N) is 1. The summed E-state index contributed by atoms with van der Waals surface area (Å²) in [5.74, 6) is -1.33. The lowest BCUT2D eigenvalue weighted by molar-refractivity contribution is -0.117. The van der Waals surface area contributed by atoms with Crippen LogP contribution >= 0.6 is 0 Å². The molecule has 0 fully saturated rings. The molecule has 3 N–H and O–H groups in total. The van der Waals surface area contributed by atoms with Crippen LogP contribution in [0.15, 0.2) is 53.4 Å². The van der Waals surface area contributed by atoms with E-state index < -0.39 is 21.8 Å². The molecule has 0 saturated carbocycles. The van der Waals surface area contributed by atoms with Gasteiger partial charge >= 0.3 is 0 Å². The van der Waals surface area contributed by atoms with E-state index in [1.54, 1.807) is 24.3 Å². The molecule has 0 unspecified atom stereocenters. The highest BCUT2D eigenvalue weighted by molar-refractivity contribution is 7.90. The zero-order valence-electron chi connectivity index (χ0n) is 13.1. The fraction of sp³-hybridized carbons (Fsp3) is 0.0625. The minimum atomic E-state index is -3.91. The van der Waals surface area contributed by atoms with E-state index in [9.17, 15) is 18.0 Å². The molecule has 0 aliphatic rings. The summed E-state index contributed by atoms with van der Waals surface area (Å²) in [4.78, 5) is 22.5. The summed E-state index contributed by atoms with van der Waals surface area (Å²) in [5, 5.41) is 4.82. The molecule has 25 heavy (non-hydrogen) atoms. The highest BCUT2D eigenvalue weighted by Gasteiger charge is 2.18. The molecule has 0 radical (unpaired) electrons. The van der Waals surface area contributed by atoms with Crippen LogP contribution in [0.25, 0.3) is 16.6 Å². The second-order valence-electron chi connectivity index (χ2n) is 5.30. The van der Waals surface area contributed by atoms with Crippen LogP contribution in [0, 0.1) is 0 Å². The first-order valence-corrected chi connectivity index (χ1v) is 8.69. The smallest absolute Gasteiger partial charge is 0.269 e. The number of hydrogen-bond donors (Lipinski definition) is 2. The number of fused-ring (bicyclic) bond motifs is 1. The van der Waals surface area contributed by atoms with Gasteiger partial charge < -0.3 is 5.73 Å². The molecule has 128 valence electrons. The average molecular weight is 358 g/mol. The summed E-state index contributed by atoms with van der Waals surface area (Å²) in [7, 11) is -3.91. The van der Waals surface area contributed by atoms with Gasteiger partial charge in [0, 0.05) is 12.3 Å². The van der Waals surface area contributed by atoms with Crippen LogP contribution in [0.3, 0.4) is 0 Å². The second kappa shape index (κ2) is 6.02. The van der Waals surface area contributed by atoms with Gasteiger partial charge in [-0.3, -0.25) is 9.59 Å². The Bertz CT molecular complexity index is 1090. The van der Waals surface area contributed by atoms with E-state index in [0.717, 1.165) is 6.92 Å². The van der Waals surface area contributed by atoms with Crippen LogP contribution in [-0.2, 0) is 14.8 Å². The van der Waals surface area contributed by atoms with Crippen molar-refractivity contribution in [2.45, 2.75) is 11.8 Å². The van der Waals surface area contributed by atoms with E-state index in [0.29, 0.717) is 16.6 Å². The lowest BCUT2D eigenvalue weighted by atomic mass is 10.2. The van der Waals surface area contributed by atoms with Gasteiger partial charge in [0.25, 0.3) is 15.9 Å². The molecular formula is C16H14N4O4S. The van der Waals surface area contributed by atoms with E-state index in [1.165, 1.54) is 28.9 Å². The van der Waals surface area contributed by atoms with Gasteiger partial charge in [-0.15, -0.1) is 0 Å². The molecule has 0 spiro atoms. The van der Waals surface area contributed by atoms with Gasteiger partial charge in [-0.1, -0.05) is 18.2 Å². The average Bonchev–Trinajstić information content (AvgIpc) is 2.94. The van der Waals surface area contributed by atoms with E-state index in [4.69, 9.17) is 5.73 Å². The highest BCUT2D eigenvalue weighted by atomic mass is 32.2. The maximum Gasteiger partial charge on any atom is 0.269 e. The van der Waals surface area contributed by atoms with Crippen molar-refractivity contribution in [2.75, 3.05) is 0 Å². The van der Waals surface area contributed by atoms with Gasteiger partial charge in [0.1, 0.15) is 0 Å². The number of primary amides is 1. The van der Waals surface area contributed by atoms with E-state index in [2.05, 4.69) is 5.10 Å². The van der Waals surface area contributed by atoms with E-state index in [-0.39, 0.29) is 10.6 Å². The van der Waals surface area contributed by atoms with Gasteiger partial charge in [0.15, 0.2) is 5.69 Å². The first kappa shape index (κ1) is 16.7. The number of carbonyl (C=O) groups excluding carboxylic acids is 2. The molecule has 9 heteroatoms. The van der Waals surface area contributed by atoms with Crippen molar-refractivity contribution in [1.29, 1.82) is 0 Å². The maximum absolute atomic E-state index is 12.0. The number of para-hydroxylation sites is 1. The van der Waals surface area contributed by atoms with Gasteiger partial charge in [0.2, 0.25) is 5.91 Å². The molecule has 3 aromatic rings. The molecular weight excluding hydrogens is 344 g/mol. The van der Waals surface area contributed by atoms with Crippen LogP contribution in [0.1, 0.15) is 17.4 Å². The Morgan fingerprint density at radius 3 is 2.32 bits per heavy atom. The largest absolute Gasteiger partial charge is 0.364 e. The number of nitrogens with two attached hydrogens (primary N) is 1. The Kier molecular flexibility index (Phi) is 4.01. The number of aromatic nitrogens is 2. The number of benzene rings is 2. The fourth-order valence-corrected chi connectivity index (χ4v) is 3.45. The predicted octanol–water partition coefficient (Wildman–Crippen LogP) is 0.949. The van der Waals surface area contributed by atoms with Crippen LogP contribution in [0.2, 0.25) is 0 Å². The van der Waals surface area contributed by atoms with Crippen molar-refractivity contribution >= 4 is 32.7 Å². The van der Waals surface area contributed by atoms with Crippen molar-refractivity contribution in [2.24, 2.45) is 5.73 Å². The van der Waals surface area contributed by atoms with Gasteiger partial charge in [-0.05, 0) is 30.3 Å². The van der Waals surface area contributed by atoms with Crippen molar-refractivity contribution in [3.8, 4) is 5.69 Å². The number of amides is 2. The normalized spacial score (nSPS) is 11.4. The third-order valence-electron chi connectivity index (χ3n) is 3.49. The molecule has 0 aliphatic carbocycles. The molecule has 3 rings (SSSR count). The summed E-state index contributed by atoms with van der Waals surface area (Å²) in [6.07, 6.45) is 0. The van der Waals surface area contributed by atoms with Crippen LogP contribution in [0.4, 0.5) is 0 Å². The summed E-state index contributed by atoms with van der Waals surface area (Å²) in [5.41, 5.74) is 6.70. The quantitative estimate of drug-likeness (QED) is 0.718. The summed E-state index contributed by atoms with van der Waals surface area (Å²) in [6.45, 7) is 1.12. The summed E-state index contributed by atoms with van der Waals surface area (Å²) in [6, 6.07) is 12.8. The van der Waals surface area contributed by atoms with Gasteiger partial charge in [0.05, 0.1) is 16.1 Å². The van der Waals surface area contributed by atoms with Crippen molar-refractivity contribution in [3.05, 3.63) is 54.2 Å². The number of rotatable bonds is 4. The third-order valence-corrected chi connectivity index (χ3v) is 4.94. The number of carbonyl (C=O) groups is 2. The Hall–Kier alpha value is -3.20. The SMILES string of the molecule is CC(=O)NS(=O)(=O)c1ccc(-n2nc(C(N)=O)c3ccccc32)cc1. The molecule has 8 nitrogen and oxygen atoms in total. The number of sulfonamides is 1. The van der Waals surface area contributed by atoms with Crippen molar-refractivity contribution < 1.29 is 18.0 Å². The summed E-state index contributed by atoms with van der Waals surface area (Å²) >= 11 is 0. The van der Waals surface area contributed by atoms with Crippen molar-refractivity contribution in [3.63, 3.8) is 0 Å². The topological polar surface area (TPSA) is 124 Å². The molecule has 0 aliphatic heterocycles. The molecule has 0 atom stereocenters. The van der Waals surface area contributed by atoms with E-state index in [1.807, 2.05) is 4.72 Å². The molecule has 2 amide bonds. The monoisotopic (exact) mass is 358 g/mol. The molecule has 0 saturated heterocycles. The number of hydrogen-bond acceptors (Lipinski definition) is 5. The predicted molar refractivity (Wildman–Crippen MR) is 90.6 cm³/mol. The Morgan fingerprint density at radius 1 is 1.08 bits per heavy atom. The van der Waals surface area contributed by atoms with Crippen LogP contribution in [-0.4, -0.2) is 30.0 Å². The molecule has 0 bridgehead atoms. The minimum Gasteiger partial charge on any atom is -0.364 e. The lowest BCUT2D eigenvalue weighted by Crippen LogP contribution is -2.28. The Balaban J connectivity index is 2.08. The molecule has 2 aromatic carbocycles. The van der Waals surface area contributed by atoms with Gasteiger partial charge in [-0.25, -0.2) is 17.8 Å². The Labute approximate surface area is 143 Å². The summed E-state index contributed by atoms with van der Waals surface area (Å²) < 4.78 is 27.4. The first-order chi connectivity index (χ1) is 11.8. The zero-order chi connectivity index (χ0) is 18.2. The standard InChI is InChI=1S/C16H14N4O4S/c1-10(21)19-25(23,24)12-8-6-11(7-9-12)20-14-5-3-2-4-13(14)15(18-20)16(17)22/h2-9H,1H3,(H2,17,22)(H,19,21). The third kappa shape index (κ3) is 3.09. The Morgan fingerprint density at radius 2 is 1.72 bits per heavy atom. The maximum atomic E-state index is 12.0. The zero-order valence-corrected chi connectivity index (χ0v) is 13.9. The first-order valence-electron chi connectivity index (χ1n) is 7.21. The molecule has 1 aromatic heterocycles. The van der Waals surface area contributed by atoms with Crippen LogP contribution in [0.5, 0.6) is 0 Å². The molecule has 1 heterocycles. The highest BCUT2D eigenvalue weighted by Crippen LogP contribution is 2.22. The number of nitrogens with zero attached hydrogens (tertiary/aromatic N) is 2. The van der Waals surface area contributed by atoms with Crippen LogP contribution < -0.4 is 10.5 Å². The lowest BCUT2D eigenvalue weighted by Gasteiger charge is -2.07.